The first-order valence-corrected chi connectivity index (χ1v) is 6.54. The van der Waals surface area contributed by atoms with E-state index < -0.39 is 0 Å². The van der Waals surface area contributed by atoms with Crippen LogP contribution in [0.5, 0.6) is 5.75 Å². The molecule has 2 rings (SSSR count). The van der Waals surface area contributed by atoms with Crippen molar-refractivity contribution in [3.63, 3.8) is 0 Å². The van der Waals surface area contributed by atoms with Gasteiger partial charge in [0.05, 0.1) is 7.11 Å². The van der Waals surface area contributed by atoms with Crippen LogP contribution in [0.3, 0.4) is 0 Å². The van der Waals surface area contributed by atoms with E-state index in [2.05, 4.69) is 26.8 Å². The maximum Gasteiger partial charge on any atom is 0.160 e. The lowest BCUT2D eigenvalue weighted by molar-refractivity contribution is 0.101. The van der Waals surface area contributed by atoms with Gasteiger partial charge in [0.25, 0.3) is 0 Å². The molecule has 1 aliphatic rings. The second-order valence-electron chi connectivity index (χ2n) is 5.17. The fourth-order valence-electron chi connectivity index (χ4n) is 2.74. The highest BCUT2D eigenvalue weighted by Gasteiger charge is 2.23. The molecule has 2 nitrogen and oxygen atoms in total. The number of ether oxygens (including phenoxy) is 1. The molecule has 0 amide bonds. The molecule has 0 saturated heterocycles. The number of methoxy groups -OCH3 is 1. The van der Waals surface area contributed by atoms with Gasteiger partial charge in [-0.2, -0.15) is 0 Å². The van der Waals surface area contributed by atoms with Gasteiger partial charge in [0.15, 0.2) is 5.78 Å². The van der Waals surface area contributed by atoms with Crippen LogP contribution in [0.2, 0.25) is 0 Å². The summed E-state index contributed by atoms with van der Waals surface area (Å²) < 4.78 is 5.22. The minimum Gasteiger partial charge on any atom is -0.497 e. The van der Waals surface area contributed by atoms with Crippen molar-refractivity contribution in [1.82, 2.24) is 0 Å². The zero-order valence-corrected chi connectivity index (χ0v) is 12.2. The van der Waals surface area contributed by atoms with Crippen LogP contribution in [-0.4, -0.2) is 12.9 Å². The number of ketones is 1. The van der Waals surface area contributed by atoms with Crippen LogP contribution < -0.4 is 4.74 Å². The second-order valence-corrected chi connectivity index (χ2v) is 5.17. The molecule has 19 heavy (non-hydrogen) atoms. The van der Waals surface area contributed by atoms with E-state index in [1.165, 1.54) is 16.7 Å². The molecule has 0 aromatic heterocycles. The Kier molecular flexibility index (Phi) is 3.61. The maximum atomic E-state index is 11.9. The molecule has 0 radical (unpaired) electrons. The van der Waals surface area contributed by atoms with Crippen molar-refractivity contribution in [2.45, 2.75) is 27.7 Å². The van der Waals surface area contributed by atoms with E-state index in [4.69, 9.17) is 4.74 Å². The molecule has 0 bridgehead atoms. The summed E-state index contributed by atoms with van der Waals surface area (Å²) >= 11 is 0. The zero-order valence-electron chi connectivity index (χ0n) is 12.2. The molecule has 0 aliphatic heterocycles. The van der Waals surface area contributed by atoms with Crippen molar-refractivity contribution in [3.8, 4) is 5.75 Å². The fourth-order valence-corrected chi connectivity index (χ4v) is 2.74. The van der Waals surface area contributed by atoms with Crippen LogP contribution in [-0.2, 0) is 0 Å². The van der Waals surface area contributed by atoms with Gasteiger partial charge >= 0.3 is 0 Å². The number of carbonyl (C=O) groups excluding carboxylic acids is 1. The van der Waals surface area contributed by atoms with Gasteiger partial charge in [-0.15, -0.1) is 0 Å². The third-order valence-electron chi connectivity index (χ3n) is 3.88. The summed E-state index contributed by atoms with van der Waals surface area (Å²) in [6, 6.07) is 5.75. The predicted octanol–water partition coefficient (Wildman–Crippen LogP) is 4.27. The highest BCUT2D eigenvalue weighted by molar-refractivity contribution is 6.00. The Bertz CT molecular complexity index is 591. The minimum absolute atomic E-state index is 0.0750. The lowest BCUT2D eigenvalue weighted by Gasteiger charge is -2.17. The van der Waals surface area contributed by atoms with Crippen molar-refractivity contribution in [1.29, 1.82) is 0 Å². The number of hydrogen-bond acceptors (Lipinski definition) is 2. The summed E-state index contributed by atoms with van der Waals surface area (Å²) in [6.45, 7) is 8.04. The van der Waals surface area contributed by atoms with Gasteiger partial charge in [-0.25, -0.2) is 0 Å². The molecule has 0 spiro atoms. The molecule has 0 fully saturated rings. The first kappa shape index (κ1) is 13.6. The van der Waals surface area contributed by atoms with E-state index in [0.29, 0.717) is 5.92 Å². The third kappa shape index (κ3) is 2.35. The van der Waals surface area contributed by atoms with Crippen molar-refractivity contribution < 1.29 is 9.53 Å². The minimum atomic E-state index is 0.0750. The van der Waals surface area contributed by atoms with Crippen molar-refractivity contribution in [2.75, 3.05) is 7.11 Å². The molecule has 0 N–H and O–H groups in total. The van der Waals surface area contributed by atoms with Gasteiger partial charge in [-0.05, 0) is 49.6 Å². The standard InChI is InChI=1S/C17H20O2/c1-10-8-11(2)17(12(10)3)15-7-6-14(19-5)9-16(15)13(4)18/h6-9,12H,1-5H3. The Balaban J connectivity index is 2.58. The molecular formula is C17H20O2. The van der Waals surface area contributed by atoms with Crippen LogP contribution in [0, 0.1) is 5.92 Å². The van der Waals surface area contributed by atoms with E-state index in [0.717, 1.165) is 16.9 Å². The van der Waals surface area contributed by atoms with Gasteiger partial charge in [0.1, 0.15) is 5.75 Å². The number of benzene rings is 1. The Hall–Kier alpha value is -1.83. The molecule has 1 aromatic carbocycles. The molecule has 1 atom stereocenters. The van der Waals surface area contributed by atoms with E-state index in [1.54, 1.807) is 14.0 Å². The van der Waals surface area contributed by atoms with Crippen molar-refractivity contribution in [2.24, 2.45) is 5.92 Å². The van der Waals surface area contributed by atoms with E-state index in [9.17, 15) is 4.79 Å². The molecular weight excluding hydrogens is 236 g/mol. The zero-order chi connectivity index (χ0) is 14.2. The van der Waals surface area contributed by atoms with Crippen molar-refractivity contribution >= 4 is 11.4 Å². The summed E-state index contributed by atoms with van der Waals surface area (Å²) in [6.07, 6.45) is 2.20. The summed E-state index contributed by atoms with van der Waals surface area (Å²) in [5, 5.41) is 0. The lowest BCUT2D eigenvalue weighted by atomic mass is 9.88. The lowest BCUT2D eigenvalue weighted by Crippen LogP contribution is -2.04. The largest absolute Gasteiger partial charge is 0.497 e. The summed E-state index contributed by atoms with van der Waals surface area (Å²) in [4.78, 5) is 11.9. The monoisotopic (exact) mass is 256 g/mol. The van der Waals surface area contributed by atoms with Gasteiger partial charge in [-0.1, -0.05) is 24.6 Å². The molecule has 1 unspecified atom stereocenters. The smallest absolute Gasteiger partial charge is 0.160 e. The van der Waals surface area contributed by atoms with Crippen LogP contribution in [0.1, 0.15) is 43.6 Å². The van der Waals surface area contributed by atoms with Gasteiger partial charge in [0.2, 0.25) is 0 Å². The molecule has 1 aliphatic carbocycles. The number of carbonyl (C=O) groups is 1. The van der Waals surface area contributed by atoms with E-state index >= 15 is 0 Å². The highest BCUT2D eigenvalue weighted by Crippen LogP contribution is 2.40. The van der Waals surface area contributed by atoms with Crippen LogP contribution in [0.15, 0.2) is 35.4 Å². The Labute approximate surface area is 114 Å². The van der Waals surface area contributed by atoms with Crippen LogP contribution >= 0.6 is 0 Å². The number of Topliss-reactive ketones (excluding diaryl/α,β-unsaturated/α-hetero) is 1. The normalized spacial score (nSPS) is 18.6. The molecule has 2 heteroatoms. The fraction of sp³-hybridized carbons (Fsp3) is 0.353. The summed E-state index contributed by atoms with van der Waals surface area (Å²) in [7, 11) is 1.62. The van der Waals surface area contributed by atoms with E-state index in [1.807, 2.05) is 18.2 Å². The first-order valence-electron chi connectivity index (χ1n) is 6.54. The summed E-state index contributed by atoms with van der Waals surface area (Å²) in [5.74, 6) is 1.17. The van der Waals surface area contributed by atoms with Gasteiger partial charge in [0, 0.05) is 11.5 Å². The maximum absolute atomic E-state index is 11.9. The summed E-state index contributed by atoms with van der Waals surface area (Å²) in [5.41, 5.74) is 5.62. The average Bonchev–Trinajstić information content (AvgIpc) is 2.62. The number of rotatable bonds is 3. The Morgan fingerprint density at radius 2 is 1.95 bits per heavy atom. The SMILES string of the molecule is COc1ccc(C2=C(C)C=C(C)C2C)c(C(C)=O)c1. The van der Waals surface area contributed by atoms with Crippen molar-refractivity contribution in [3.05, 3.63) is 46.5 Å². The Morgan fingerprint density at radius 1 is 1.26 bits per heavy atom. The van der Waals surface area contributed by atoms with Gasteiger partial charge < -0.3 is 4.74 Å². The predicted molar refractivity (Wildman–Crippen MR) is 78.5 cm³/mol. The molecule has 0 saturated carbocycles. The average molecular weight is 256 g/mol. The quantitative estimate of drug-likeness (QED) is 0.755. The third-order valence-corrected chi connectivity index (χ3v) is 3.88. The number of allylic oxidation sites excluding steroid dienone is 4. The number of hydrogen-bond donors (Lipinski definition) is 0. The molecule has 0 heterocycles. The topological polar surface area (TPSA) is 26.3 Å². The van der Waals surface area contributed by atoms with Crippen LogP contribution in [0.25, 0.3) is 5.57 Å². The second kappa shape index (κ2) is 5.04. The first-order chi connectivity index (χ1) is 8.95. The molecule has 100 valence electrons. The van der Waals surface area contributed by atoms with Crippen LogP contribution in [0.4, 0.5) is 0 Å². The van der Waals surface area contributed by atoms with Gasteiger partial charge in [-0.3, -0.25) is 4.79 Å². The molecule has 1 aromatic rings. The van der Waals surface area contributed by atoms with E-state index in [-0.39, 0.29) is 5.78 Å². The highest BCUT2D eigenvalue weighted by atomic mass is 16.5. The Morgan fingerprint density at radius 3 is 2.42 bits per heavy atom.